The molecule has 0 radical (unpaired) electrons. The Morgan fingerprint density at radius 1 is 0.966 bits per heavy atom. The summed E-state index contributed by atoms with van der Waals surface area (Å²) < 4.78 is 49.4. The van der Waals surface area contributed by atoms with Crippen LogP contribution in [0, 0.1) is 0 Å². The Morgan fingerprint density at radius 3 is 2.48 bits per heavy atom. The number of carbonyl (C=O) groups is 1. The first-order valence-electron chi connectivity index (χ1n) is 8.35. The molecule has 0 spiro atoms. The van der Waals surface area contributed by atoms with Crippen LogP contribution in [0.3, 0.4) is 0 Å². The normalized spacial score (nSPS) is 15.5. The lowest BCUT2D eigenvalue weighted by Gasteiger charge is -2.07. The number of rotatable bonds is 3. The molecule has 0 saturated carbocycles. The first kappa shape index (κ1) is 19.0. The Morgan fingerprint density at radius 2 is 1.72 bits per heavy atom. The molecule has 146 valence electrons. The predicted molar refractivity (Wildman–Crippen MR) is 101 cm³/mol. The van der Waals surface area contributed by atoms with Gasteiger partial charge in [-0.05, 0) is 42.5 Å². The summed E-state index contributed by atoms with van der Waals surface area (Å²) >= 11 is 5.93. The van der Waals surface area contributed by atoms with E-state index >= 15 is 0 Å². The van der Waals surface area contributed by atoms with Crippen molar-refractivity contribution in [2.45, 2.75) is 6.18 Å². The van der Waals surface area contributed by atoms with E-state index in [1.807, 2.05) is 0 Å². The summed E-state index contributed by atoms with van der Waals surface area (Å²) in [6.45, 7) is 0. The monoisotopic (exact) mass is 417 g/mol. The van der Waals surface area contributed by atoms with Crippen LogP contribution in [0.25, 0.3) is 17.4 Å². The van der Waals surface area contributed by atoms with Gasteiger partial charge in [-0.2, -0.15) is 13.2 Å². The first-order valence-corrected chi connectivity index (χ1v) is 8.73. The van der Waals surface area contributed by atoms with Crippen LogP contribution < -0.4 is 0 Å². The predicted octanol–water partition coefficient (Wildman–Crippen LogP) is 5.96. The SMILES string of the molecule is O=C1OC(c2cccc(Cl)c2)=NC1=Cc1ccc(-c2cccc(C(F)(F)F)c2)o1. The van der Waals surface area contributed by atoms with Crippen LogP contribution in [-0.4, -0.2) is 11.9 Å². The quantitative estimate of drug-likeness (QED) is 0.390. The maximum absolute atomic E-state index is 12.9. The molecule has 2 aromatic carbocycles. The lowest BCUT2D eigenvalue weighted by Crippen LogP contribution is -2.05. The molecule has 0 saturated heterocycles. The molecule has 0 amide bonds. The molecule has 0 aliphatic carbocycles. The van der Waals surface area contributed by atoms with Crippen LogP contribution in [0.4, 0.5) is 13.2 Å². The Balaban J connectivity index is 1.62. The van der Waals surface area contributed by atoms with Gasteiger partial charge in [0.2, 0.25) is 5.90 Å². The third-order valence-electron chi connectivity index (χ3n) is 4.07. The van der Waals surface area contributed by atoms with E-state index in [0.717, 1.165) is 12.1 Å². The van der Waals surface area contributed by atoms with E-state index in [0.29, 0.717) is 10.6 Å². The molecule has 0 unspecified atom stereocenters. The highest BCUT2D eigenvalue weighted by atomic mass is 35.5. The summed E-state index contributed by atoms with van der Waals surface area (Å²) in [5.41, 5.74) is 0.0336. The largest absolute Gasteiger partial charge is 0.457 e. The lowest BCUT2D eigenvalue weighted by molar-refractivity contribution is -0.137. The van der Waals surface area contributed by atoms with Gasteiger partial charge in [0.25, 0.3) is 0 Å². The Kier molecular flexibility index (Phi) is 4.76. The summed E-state index contributed by atoms with van der Waals surface area (Å²) in [5, 5.41) is 0.468. The molecule has 29 heavy (non-hydrogen) atoms. The Labute approximate surface area is 167 Å². The van der Waals surface area contributed by atoms with E-state index in [1.165, 1.54) is 30.3 Å². The number of halogens is 4. The average Bonchev–Trinajstić information content (AvgIpc) is 3.29. The molecule has 1 aliphatic heterocycles. The molecule has 0 bridgehead atoms. The molecular formula is C21H11ClF3NO3. The molecule has 4 rings (SSSR count). The van der Waals surface area contributed by atoms with Crippen molar-refractivity contribution in [3.63, 3.8) is 0 Å². The second kappa shape index (κ2) is 7.25. The standard InChI is InChI=1S/C21H11ClF3NO3/c22-15-6-2-4-13(10-15)19-26-17(20(27)29-19)11-16-7-8-18(28-16)12-3-1-5-14(9-12)21(23,24)25/h1-11H. The molecule has 0 N–H and O–H groups in total. The summed E-state index contributed by atoms with van der Waals surface area (Å²) in [7, 11) is 0. The number of esters is 1. The zero-order valence-corrected chi connectivity index (χ0v) is 15.3. The summed E-state index contributed by atoms with van der Waals surface area (Å²) in [6, 6.07) is 14.5. The summed E-state index contributed by atoms with van der Waals surface area (Å²) in [4.78, 5) is 16.2. The fourth-order valence-corrected chi connectivity index (χ4v) is 2.91. The van der Waals surface area contributed by atoms with Crippen molar-refractivity contribution in [2.75, 3.05) is 0 Å². The van der Waals surface area contributed by atoms with E-state index in [1.54, 1.807) is 24.3 Å². The first-order chi connectivity index (χ1) is 13.8. The van der Waals surface area contributed by atoms with Gasteiger partial charge in [0.15, 0.2) is 5.70 Å². The van der Waals surface area contributed by atoms with Gasteiger partial charge in [-0.1, -0.05) is 29.8 Å². The van der Waals surface area contributed by atoms with E-state index in [4.69, 9.17) is 20.8 Å². The molecule has 2 heterocycles. The fourth-order valence-electron chi connectivity index (χ4n) is 2.72. The second-order valence-corrected chi connectivity index (χ2v) is 6.56. The molecule has 3 aromatic rings. The summed E-state index contributed by atoms with van der Waals surface area (Å²) in [5.74, 6) is -0.0841. The third-order valence-corrected chi connectivity index (χ3v) is 4.31. The van der Waals surface area contributed by atoms with Crippen molar-refractivity contribution in [3.05, 3.63) is 88.3 Å². The van der Waals surface area contributed by atoms with Gasteiger partial charge in [0.05, 0.1) is 5.56 Å². The smallest absolute Gasteiger partial charge is 0.416 e. The van der Waals surface area contributed by atoms with E-state index in [2.05, 4.69) is 4.99 Å². The van der Waals surface area contributed by atoms with Crippen molar-refractivity contribution in [1.29, 1.82) is 0 Å². The van der Waals surface area contributed by atoms with Gasteiger partial charge in [0, 0.05) is 22.2 Å². The van der Waals surface area contributed by atoms with Crippen molar-refractivity contribution >= 4 is 29.5 Å². The maximum atomic E-state index is 12.9. The van der Waals surface area contributed by atoms with Crippen molar-refractivity contribution < 1.29 is 27.1 Å². The minimum Gasteiger partial charge on any atom is -0.457 e. The molecule has 0 fully saturated rings. The van der Waals surface area contributed by atoms with Gasteiger partial charge in [-0.15, -0.1) is 0 Å². The van der Waals surface area contributed by atoms with Gasteiger partial charge in [-0.25, -0.2) is 9.79 Å². The minimum atomic E-state index is -4.45. The number of carbonyl (C=O) groups excluding carboxylic acids is 1. The van der Waals surface area contributed by atoms with Gasteiger partial charge in [-0.3, -0.25) is 0 Å². The molecule has 1 aliphatic rings. The molecular weight excluding hydrogens is 407 g/mol. The van der Waals surface area contributed by atoms with Crippen LogP contribution in [0.5, 0.6) is 0 Å². The van der Waals surface area contributed by atoms with Crippen LogP contribution in [0.2, 0.25) is 5.02 Å². The number of benzene rings is 2. The van der Waals surface area contributed by atoms with Crippen molar-refractivity contribution in [2.24, 2.45) is 4.99 Å². The van der Waals surface area contributed by atoms with E-state index < -0.39 is 17.7 Å². The van der Waals surface area contributed by atoms with Crippen molar-refractivity contribution in [1.82, 2.24) is 0 Å². The highest BCUT2D eigenvalue weighted by Crippen LogP contribution is 2.33. The fraction of sp³-hybridized carbons (Fsp3) is 0.0476. The van der Waals surface area contributed by atoms with Crippen LogP contribution in [0.15, 0.2) is 75.8 Å². The Bertz CT molecular complexity index is 1160. The van der Waals surface area contributed by atoms with E-state index in [9.17, 15) is 18.0 Å². The zero-order valence-electron chi connectivity index (χ0n) is 14.5. The highest BCUT2D eigenvalue weighted by Gasteiger charge is 2.30. The third kappa shape index (κ3) is 4.09. The maximum Gasteiger partial charge on any atom is 0.416 e. The molecule has 1 aromatic heterocycles. The number of alkyl halides is 3. The van der Waals surface area contributed by atoms with Gasteiger partial charge < -0.3 is 9.15 Å². The zero-order chi connectivity index (χ0) is 20.6. The van der Waals surface area contributed by atoms with Crippen LogP contribution in [-0.2, 0) is 15.7 Å². The number of hydrogen-bond donors (Lipinski definition) is 0. The number of aliphatic imine (C=N–C) groups is 1. The number of hydrogen-bond acceptors (Lipinski definition) is 4. The number of cyclic esters (lactones) is 1. The molecule has 4 nitrogen and oxygen atoms in total. The second-order valence-electron chi connectivity index (χ2n) is 6.13. The molecule has 0 atom stereocenters. The van der Waals surface area contributed by atoms with E-state index in [-0.39, 0.29) is 28.7 Å². The van der Waals surface area contributed by atoms with Crippen molar-refractivity contribution in [3.8, 4) is 11.3 Å². The number of nitrogens with zero attached hydrogens (tertiary/aromatic N) is 1. The van der Waals surface area contributed by atoms with Crippen LogP contribution >= 0.6 is 11.6 Å². The topological polar surface area (TPSA) is 51.8 Å². The highest BCUT2D eigenvalue weighted by molar-refractivity contribution is 6.31. The van der Waals surface area contributed by atoms with Crippen LogP contribution in [0.1, 0.15) is 16.9 Å². The Hall–Kier alpha value is -3.32. The molecule has 8 heteroatoms. The minimum absolute atomic E-state index is 0.00455. The average molecular weight is 418 g/mol. The summed E-state index contributed by atoms with van der Waals surface area (Å²) in [6.07, 6.45) is -3.09. The van der Waals surface area contributed by atoms with Gasteiger partial charge >= 0.3 is 12.1 Å². The number of furan rings is 1. The van der Waals surface area contributed by atoms with Gasteiger partial charge in [0.1, 0.15) is 11.5 Å². The lowest BCUT2D eigenvalue weighted by atomic mass is 10.1. The number of ether oxygens (including phenoxy) is 1.